The zero-order chi connectivity index (χ0) is 25.1. The number of aromatic nitrogens is 1. The van der Waals surface area contributed by atoms with Crippen LogP contribution in [0.5, 0.6) is 0 Å². The van der Waals surface area contributed by atoms with Crippen molar-refractivity contribution in [3.05, 3.63) is 45.4 Å². The largest absolute Gasteiger partial charge is 0.449 e. The molecular formula is C25H30BrN5O4. The number of imide groups is 1. The monoisotopic (exact) mass is 543 g/mol. The van der Waals surface area contributed by atoms with Gasteiger partial charge < -0.3 is 9.64 Å². The SMILES string of the molecule is CCCCOC(=O)N1CCN(Cc2cc(NN3C(=O)C(C)=C(C)C3=O)nc3cc(Br)ccc23)CC1. The van der Waals surface area contributed by atoms with Gasteiger partial charge >= 0.3 is 6.09 Å². The van der Waals surface area contributed by atoms with Gasteiger partial charge in [-0.25, -0.2) is 9.78 Å². The predicted molar refractivity (Wildman–Crippen MR) is 136 cm³/mol. The van der Waals surface area contributed by atoms with Crippen molar-refractivity contribution < 1.29 is 19.1 Å². The summed E-state index contributed by atoms with van der Waals surface area (Å²) in [5, 5.41) is 2.01. The molecule has 35 heavy (non-hydrogen) atoms. The van der Waals surface area contributed by atoms with E-state index in [1.807, 2.05) is 24.3 Å². The van der Waals surface area contributed by atoms with Crippen LogP contribution in [0, 0.1) is 0 Å². The number of carbonyl (C=O) groups excluding carboxylic acids is 3. The highest BCUT2D eigenvalue weighted by Gasteiger charge is 2.34. The van der Waals surface area contributed by atoms with E-state index >= 15 is 0 Å². The molecule has 4 rings (SSSR count). The molecule has 2 aromatic rings. The molecule has 2 aliphatic rings. The van der Waals surface area contributed by atoms with Crippen molar-refractivity contribution in [3.8, 4) is 0 Å². The standard InChI is InChI=1S/C25H30BrN5O4/c1-4-5-12-35-25(34)30-10-8-29(9-11-30)15-18-13-22(27-21-14-19(26)6-7-20(18)21)28-31-23(32)16(2)17(3)24(31)33/h6-7,13-14H,4-5,8-12,15H2,1-3H3,(H,27,28). The molecule has 3 amide bonds. The second-order valence-corrected chi connectivity index (χ2v) is 9.78. The van der Waals surface area contributed by atoms with Crippen molar-refractivity contribution in [1.82, 2.24) is 19.8 Å². The number of hydrogen-bond acceptors (Lipinski definition) is 7. The number of pyridine rings is 1. The molecule has 0 aliphatic carbocycles. The van der Waals surface area contributed by atoms with Crippen molar-refractivity contribution >= 4 is 50.6 Å². The lowest BCUT2D eigenvalue weighted by atomic mass is 10.1. The van der Waals surface area contributed by atoms with Crippen molar-refractivity contribution in [1.29, 1.82) is 0 Å². The van der Waals surface area contributed by atoms with Gasteiger partial charge in [0.1, 0.15) is 5.82 Å². The van der Waals surface area contributed by atoms with E-state index in [9.17, 15) is 14.4 Å². The maximum Gasteiger partial charge on any atom is 0.409 e. The number of anilines is 1. The fraction of sp³-hybridized carbons (Fsp3) is 0.440. The number of ether oxygens (including phenoxy) is 1. The summed E-state index contributed by atoms with van der Waals surface area (Å²) in [6, 6.07) is 7.77. The van der Waals surface area contributed by atoms with Crippen LogP contribution >= 0.6 is 15.9 Å². The van der Waals surface area contributed by atoms with Gasteiger partial charge in [-0.05, 0) is 44.0 Å². The third-order valence-corrected chi connectivity index (χ3v) is 6.94. The minimum atomic E-state index is -0.368. The first kappa shape index (κ1) is 25.1. The molecule has 2 aliphatic heterocycles. The van der Waals surface area contributed by atoms with Gasteiger partial charge in [-0.2, -0.15) is 5.01 Å². The fourth-order valence-electron chi connectivity index (χ4n) is 4.15. The molecule has 1 saturated heterocycles. The van der Waals surface area contributed by atoms with E-state index in [1.165, 1.54) is 0 Å². The molecule has 1 aromatic carbocycles. The van der Waals surface area contributed by atoms with Crippen LogP contribution in [0.4, 0.5) is 10.6 Å². The highest BCUT2D eigenvalue weighted by molar-refractivity contribution is 9.10. The Morgan fingerprint density at radius 2 is 1.77 bits per heavy atom. The number of piperazine rings is 1. The fourth-order valence-corrected chi connectivity index (χ4v) is 4.50. The molecule has 0 bridgehead atoms. The minimum absolute atomic E-state index is 0.247. The first-order chi connectivity index (χ1) is 16.8. The first-order valence-electron chi connectivity index (χ1n) is 11.8. The summed E-state index contributed by atoms with van der Waals surface area (Å²) in [5.74, 6) is -0.313. The Bertz CT molecular complexity index is 1170. The summed E-state index contributed by atoms with van der Waals surface area (Å²) in [7, 11) is 0. The number of hydrogen-bond donors (Lipinski definition) is 1. The van der Waals surface area contributed by atoms with Gasteiger partial charge in [0.15, 0.2) is 0 Å². The Labute approximate surface area is 213 Å². The zero-order valence-corrected chi connectivity index (χ0v) is 21.9. The molecule has 3 heterocycles. The van der Waals surface area contributed by atoms with E-state index in [1.54, 1.807) is 18.7 Å². The lowest BCUT2D eigenvalue weighted by Crippen LogP contribution is -2.48. The van der Waals surface area contributed by atoms with Crippen LogP contribution in [0.15, 0.2) is 39.9 Å². The Morgan fingerprint density at radius 1 is 1.09 bits per heavy atom. The number of rotatable bonds is 7. The molecule has 1 aromatic heterocycles. The normalized spacial score (nSPS) is 17.0. The van der Waals surface area contributed by atoms with Crippen molar-refractivity contribution in [2.24, 2.45) is 0 Å². The first-order valence-corrected chi connectivity index (χ1v) is 12.6. The number of amides is 3. The Balaban J connectivity index is 1.49. The number of hydrazine groups is 1. The Kier molecular flexibility index (Phi) is 7.71. The molecule has 0 spiro atoms. The molecule has 0 atom stereocenters. The Hall–Kier alpha value is -2.98. The van der Waals surface area contributed by atoms with Crippen LogP contribution < -0.4 is 5.43 Å². The molecule has 186 valence electrons. The van der Waals surface area contributed by atoms with Crippen molar-refractivity contribution in [2.75, 3.05) is 38.2 Å². The summed E-state index contributed by atoms with van der Waals surface area (Å²) < 4.78 is 6.23. The highest BCUT2D eigenvalue weighted by atomic mass is 79.9. The molecule has 0 saturated carbocycles. The lowest BCUT2D eigenvalue weighted by molar-refractivity contribution is -0.135. The second kappa shape index (κ2) is 10.7. The van der Waals surface area contributed by atoms with Gasteiger partial charge in [-0.3, -0.25) is 19.9 Å². The minimum Gasteiger partial charge on any atom is -0.449 e. The summed E-state index contributed by atoms with van der Waals surface area (Å²) in [6.45, 7) is 9.10. The van der Waals surface area contributed by atoms with E-state index in [0.29, 0.717) is 43.2 Å². The van der Waals surface area contributed by atoms with Crippen LogP contribution in [0.25, 0.3) is 10.9 Å². The number of nitrogens with one attached hydrogen (secondary N) is 1. The van der Waals surface area contributed by atoms with Crippen molar-refractivity contribution in [3.63, 3.8) is 0 Å². The number of carbonyl (C=O) groups is 3. The van der Waals surface area contributed by atoms with Gasteiger partial charge in [0, 0.05) is 53.7 Å². The van der Waals surface area contributed by atoms with Gasteiger partial charge in [-0.15, -0.1) is 0 Å². The van der Waals surface area contributed by atoms with E-state index in [-0.39, 0.29) is 17.9 Å². The number of unbranched alkanes of at least 4 members (excludes halogenated alkanes) is 1. The van der Waals surface area contributed by atoms with E-state index in [0.717, 1.165) is 51.9 Å². The smallest absolute Gasteiger partial charge is 0.409 e. The van der Waals surface area contributed by atoms with Crippen LogP contribution in [0.3, 0.4) is 0 Å². The molecule has 9 nitrogen and oxygen atoms in total. The molecule has 1 fully saturated rings. The van der Waals surface area contributed by atoms with Gasteiger partial charge in [0.2, 0.25) is 0 Å². The average Bonchev–Trinajstić information content (AvgIpc) is 3.02. The van der Waals surface area contributed by atoms with E-state index in [2.05, 4.69) is 38.2 Å². The number of fused-ring (bicyclic) bond motifs is 1. The lowest BCUT2D eigenvalue weighted by Gasteiger charge is -2.34. The maximum atomic E-state index is 12.5. The number of benzene rings is 1. The van der Waals surface area contributed by atoms with E-state index in [4.69, 9.17) is 4.74 Å². The summed E-state index contributed by atoms with van der Waals surface area (Å²) in [4.78, 5) is 46.0. The van der Waals surface area contributed by atoms with Gasteiger partial charge in [-0.1, -0.05) is 35.3 Å². The quantitative estimate of drug-likeness (QED) is 0.415. The second-order valence-electron chi connectivity index (χ2n) is 8.87. The average molecular weight is 544 g/mol. The maximum absolute atomic E-state index is 12.5. The zero-order valence-electron chi connectivity index (χ0n) is 20.3. The molecular weight excluding hydrogens is 514 g/mol. The van der Waals surface area contributed by atoms with Gasteiger partial charge in [0.05, 0.1) is 12.1 Å². The molecule has 1 N–H and O–H groups in total. The van der Waals surface area contributed by atoms with Crippen LogP contribution in [0.1, 0.15) is 39.2 Å². The third kappa shape index (κ3) is 5.48. The van der Waals surface area contributed by atoms with Gasteiger partial charge in [0.25, 0.3) is 11.8 Å². The van der Waals surface area contributed by atoms with Crippen LogP contribution in [0.2, 0.25) is 0 Å². The molecule has 0 unspecified atom stereocenters. The predicted octanol–water partition coefficient (Wildman–Crippen LogP) is 4.08. The number of halogens is 1. The summed E-state index contributed by atoms with van der Waals surface area (Å²) in [5.41, 5.74) is 5.54. The topological polar surface area (TPSA) is 95.1 Å². The molecule has 10 heteroatoms. The number of nitrogens with zero attached hydrogens (tertiary/aromatic N) is 4. The van der Waals surface area contributed by atoms with Crippen LogP contribution in [-0.2, 0) is 20.9 Å². The van der Waals surface area contributed by atoms with Crippen LogP contribution in [-0.4, -0.2) is 70.5 Å². The van der Waals surface area contributed by atoms with E-state index < -0.39 is 0 Å². The molecule has 0 radical (unpaired) electrons. The van der Waals surface area contributed by atoms with Crippen molar-refractivity contribution in [2.45, 2.75) is 40.2 Å². The summed E-state index contributed by atoms with van der Waals surface area (Å²) >= 11 is 3.50. The summed E-state index contributed by atoms with van der Waals surface area (Å²) in [6.07, 6.45) is 1.62. The highest BCUT2D eigenvalue weighted by Crippen LogP contribution is 2.27. The third-order valence-electron chi connectivity index (χ3n) is 6.44. The Morgan fingerprint density at radius 3 is 2.43 bits per heavy atom.